The van der Waals surface area contributed by atoms with Gasteiger partial charge in [-0.2, -0.15) is 10.2 Å². The lowest BCUT2D eigenvalue weighted by Crippen LogP contribution is -2.03. The van der Waals surface area contributed by atoms with Gasteiger partial charge in [-0.1, -0.05) is 12.1 Å². The number of azo groups is 1. The number of hydrogen-bond donors (Lipinski definition) is 1. The maximum atomic E-state index is 10.5. The molecule has 0 aliphatic heterocycles. The molecule has 0 aliphatic carbocycles. The number of rotatable bonds is 4. The van der Waals surface area contributed by atoms with Crippen LogP contribution in [0.15, 0.2) is 58.8 Å². The summed E-state index contributed by atoms with van der Waals surface area (Å²) < 4.78 is 0. The summed E-state index contributed by atoms with van der Waals surface area (Å²) in [7, 11) is 0. The minimum Gasteiger partial charge on any atom is -0.324 e. The van der Waals surface area contributed by atoms with E-state index < -0.39 is 4.92 Å². The fourth-order valence-electron chi connectivity index (χ4n) is 1.60. The van der Waals surface area contributed by atoms with E-state index in [1.807, 2.05) is 31.2 Å². The lowest BCUT2D eigenvalue weighted by atomic mass is 10.1. The molecule has 0 radical (unpaired) electrons. The van der Waals surface area contributed by atoms with Crippen molar-refractivity contribution in [1.82, 2.24) is 0 Å². The second kappa shape index (κ2) is 6.03. The molecule has 0 spiro atoms. The lowest BCUT2D eigenvalue weighted by Gasteiger charge is -2.04. The highest BCUT2D eigenvalue weighted by Gasteiger charge is 2.03. The van der Waals surface area contributed by atoms with Crippen molar-refractivity contribution < 1.29 is 4.92 Å². The Morgan fingerprint density at radius 1 is 1.00 bits per heavy atom. The third-order valence-electron chi connectivity index (χ3n) is 2.76. The maximum Gasteiger partial charge on any atom is 0.269 e. The van der Waals surface area contributed by atoms with Crippen LogP contribution in [0, 0.1) is 10.1 Å². The van der Waals surface area contributed by atoms with Gasteiger partial charge in [0, 0.05) is 18.2 Å². The highest BCUT2D eigenvalue weighted by Crippen LogP contribution is 2.22. The van der Waals surface area contributed by atoms with Crippen LogP contribution < -0.4 is 5.73 Å². The molecule has 2 N–H and O–H groups in total. The zero-order valence-electron chi connectivity index (χ0n) is 10.9. The summed E-state index contributed by atoms with van der Waals surface area (Å²) in [5.74, 6) is 0. The molecule has 2 aromatic carbocycles. The van der Waals surface area contributed by atoms with E-state index in [0.717, 1.165) is 5.56 Å². The van der Waals surface area contributed by atoms with Gasteiger partial charge in [-0.05, 0) is 36.8 Å². The number of non-ortho nitro benzene ring substituents is 1. The molecule has 0 bridgehead atoms. The molecule has 6 heteroatoms. The standard InChI is InChI=1S/C14H14N4O2/c1-10(15)11-2-4-12(5-3-11)16-17-13-6-8-14(9-7-13)18(19)20/h2-10H,15H2,1H3/t10-/m0/s1. The first-order chi connectivity index (χ1) is 9.56. The van der Waals surface area contributed by atoms with Crippen LogP contribution in [-0.4, -0.2) is 4.92 Å². The van der Waals surface area contributed by atoms with Crippen molar-refractivity contribution in [1.29, 1.82) is 0 Å². The summed E-state index contributed by atoms with van der Waals surface area (Å²) in [5, 5.41) is 18.6. The quantitative estimate of drug-likeness (QED) is 0.516. The van der Waals surface area contributed by atoms with Crippen LogP contribution in [0.5, 0.6) is 0 Å². The number of nitrogens with two attached hydrogens (primary N) is 1. The van der Waals surface area contributed by atoms with Crippen molar-refractivity contribution >= 4 is 17.1 Å². The average Bonchev–Trinajstić information content (AvgIpc) is 2.46. The van der Waals surface area contributed by atoms with Gasteiger partial charge in [0.1, 0.15) is 0 Å². The topological polar surface area (TPSA) is 93.9 Å². The Morgan fingerprint density at radius 2 is 1.45 bits per heavy atom. The van der Waals surface area contributed by atoms with Gasteiger partial charge in [0.15, 0.2) is 0 Å². The predicted molar refractivity (Wildman–Crippen MR) is 76.3 cm³/mol. The second-order valence-electron chi connectivity index (χ2n) is 4.35. The highest BCUT2D eigenvalue weighted by atomic mass is 16.6. The number of nitro benzene ring substituents is 1. The minimum atomic E-state index is -0.451. The van der Waals surface area contributed by atoms with Gasteiger partial charge < -0.3 is 5.73 Å². The van der Waals surface area contributed by atoms with Crippen LogP contribution in [0.3, 0.4) is 0 Å². The average molecular weight is 270 g/mol. The zero-order valence-corrected chi connectivity index (χ0v) is 10.9. The van der Waals surface area contributed by atoms with Crippen LogP contribution in [-0.2, 0) is 0 Å². The number of hydrogen-bond acceptors (Lipinski definition) is 5. The van der Waals surface area contributed by atoms with Crippen LogP contribution in [0.4, 0.5) is 17.1 Å². The van der Waals surface area contributed by atoms with Crippen molar-refractivity contribution in [2.45, 2.75) is 13.0 Å². The maximum absolute atomic E-state index is 10.5. The Hall–Kier alpha value is -2.60. The molecule has 0 aliphatic rings. The number of nitro groups is 1. The van der Waals surface area contributed by atoms with E-state index in [4.69, 9.17) is 5.73 Å². The zero-order chi connectivity index (χ0) is 14.5. The molecule has 2 rings (SSSR count). The van der Waals surface area contributed by atoms with Gasteiger partial charge in [0.05, 0.1) is 16.3 Å². The van der Waals surface area contributed by atoms with Crippen LogP contribution >= 0.6 is 0 Å². The lowest BCUT2D eigenvalue weighted by molar-refractivity contribution is -0.384. The van der Waals surface area contributed by atoms with E-state index in [9.17, 15) is 10.1 Å². The third kappa shape index (κ3) is 3.46. The van der Waals surface area contributed by atoms with Crippen molar-refractivity contribution in [2.75, 3.05) is 0 Å². The van der Waals surface area contributed by atoms with Crippen LogP contribution in [0.2, 0.25) is 0 Å². The third-order valence-corrected chi connectivity index (χ3v) is 2.76. The molecule has 0 saturated carbocycles. The molecule has 0 aromatic heterocycles. The molecule has 0 heterocycles. The molecule has 0 saturated heterocycles. The van der Waals surface area contributed by atoms with Crippen LogP contribution in [0.25, 0.3) is 0 Å². The van der Waals surface area contributed by atoms with Crippen molar-refractivity contribution in [2.24, 2.45) is 16.0 Å². The van der Waals surface area contributed by atoms with Gasteiger partial charge in [0.25, 0.3) is 5.69 Å². The monoisotopic (exact) mass is 270 g/mol. The largest absolute Gasteiger partial charge is 0.324 e. The Kier molecular flexibility index (Phi) is 4.17. The molecule has 102 valence electrons. The first-order valence-corrected chi connectivity index (χ1v) is 6.08. The van der Waals surface area contributed by atoms with Crippen LogP contribution in [0.1, 0.15) is 18.5 Å². The van der Waals surface area contributed by atoms with E-state index in [-0.39, 0.29) is 11.7 Å². The highest BCUT2D eigenvalue weighted by molar-refractivity contribution is 5.45. The van der Waals surface area contributed by atoms with E-state index in [1.54, 1.807) is 12.1 Å². The normalized spacial score (nSPS) is 12.5. The SMILES string of the molecule is C[C@H](N)c1ccc(N=Nc2ccc([N+](=O)[O-])cc2)cc1. The fourth-order valence-corrected chi connectivity index (χ4v) is 1.60. The molecule has 2 aromatic rings. The minimum absolute atomic E-state index is 0.0179. The van der Waals surface area contributed by atoms with Gasteiger partial charge in [-0.25, -0.2) is 0 Å². The molecule has 0 fully saturated rings. The van der Waals surface area contributed by atoms with E-state index in [0.29, 0.717) is 11.4 Å². The molecule has 1 atom stereocenters. The Labute approximate surface area is 116 Å². The Balaban J connectivity index is 2.10. The Bertz CT molecular complexity index is 619. The van der Waals surface area contributed by atoms with Gasteiger partial charge in [-0.15, -0.1) is 0 Å². The van der Waals surface area contributed by atoms with Gasteiger partial charge in [0.2, 0.25) is 0 Å². The Morgan fingerprint density at radius 3 is 1.85 bits per heavy atom. The number of benzene rings is 2. The summed E-state index contributed by atoms with van der Waals surface area (Å²) in [6.45, 7) is 1.91. The van der Waals surface area contributed by atoms with Gasteiger partial charge in [-0.3, -0.25) is 10.1 Å². The summed E-state index contributed by atoms with van der Waals surface area (Å²) in [6, 6.07) is 13.3. The summed E-state index contributed by atoms with van der Waals surface area (Å²) in [6.07, 6.45) is 0. The van der Waals surface area contributed by atoms with E-state index in [1.165, 1.54) is 12.1 Å². The first-order valence-electron chi connectivity index (χ1n) is 6.08. The second-order valence-corrected chi connectivity index (χ2v) is 4.35. The summed E-state index contributed by atoms with van der Waals surface area (Å²) in [5.41, 5.74) is 8.08. The van der Waals surface area contributed by atoms with E-state index >= 15 is 0 Å². The van der Waals surface area contributed by atoms with Crippen molar-refractivity contribution in [3.05, 3.63) is 64.2 Å². The van der Waals surface area contributed by atoms with E-state index in [2.05, 4.69) is 10.2 Å². The predicted octanol–water partition coefficient (Wildman–Crippen LogP) is 4.03. The first kappa shape index (κ1) is 13.8. The fraction of sp³-hybridized carbons (Fsp3) is 0.143. The molecule has 0 unspecified atom stereocenters. The molecule has 0 amide bonds. The van der Waals surface area contributed by atoms with Crippen molar-refractivity contribution in [3.8, 4) is 0 Å². The molecular formula is C14H14N4O2. The summed E-state index contributed by atoms with van der Waals surface area (Å²) in [4.78, 5) is 10.1. The molecule has 6 nitrogen and oxygen atoms in total. The molecule has 20 heavy (non-hydrogen) atoms. The van der Waals surface area contributed by atoms with Crippen molar-refractivity contribution in [3.63, 3.8) is 0 Å². The number of nitrogens with zero attached hydrogens (tertiary/aromatic N) is 3. The smallest absolute Gasteiger partial charge is 0.269 e. The summed E-state index contributed by atoms with van der Waals surface area (Å²) >= 11 is 0. The van der Waals surface area contributed by atoms with Gasteiger partial charge >= 0.3 is 0 Å². The molecular weight excluding hydrogens is 256 g/mol.